The van der Waals surface area contributed by atoms with Crippen LogP contribution in [0.2, 0.25) is 0 Å². The van der Waals surface area contributed by atoms with Gasteiger partial charge in [-0.15, -0.1) is 0 Å². The highest BCUT2D eigenvalue weighted by atomic mass is 16.2. The van der Waals surface area contributed by atoms with Gasteiger partial charge in [0.15, 0.2) is 5.54 Å². The molecule has 0 aromatic heterocycles. The van der Waals surface area contributed by atoms with Crippen LogP contribution in [0, 0.1) is 0 Å². The molecule has 0 aromatic rings. The summed E-state index contributed by atoms with van der Waals surface area (Å²) in [5.41, 5.74) is 5.68. The molecule has 106 valence electrons. The van der Waals surface area contributed by atoms with Gasteiger partial charge in [-0.3, -0.25) is 10.1 Å². The monoisotopic (exact) mass is 269 g/mol. The van der Waals surface area contributed by atoms with Crippen LogP contribution in [-0.2, 0) is 4.79 Å². The first-order valence-electron chi connectivity index (χ1n) is 6.23. The van der Waals surface area contributed by atoms with Gasteiger partial charge in [0.1, 0.15) is 0 Å². The Morgan fingerprint density at radius 2 is 2.16 bits per heavy atom. The summed E-state index contributed by atoms with van der Waals surface area (Å²) < 4.78 is 0. The maximum Gasteiger partial charge on any atom is 0.332 e. The predicted octanol–water partition coefficient (Wildman–Crippen LogP) is 0.189. The van der Waals surface area contributed by atoms with Gasteiger partial charge in [-0.2, -0.15) is 5.10 Å². The fourth-order valence-electron chi connectivity index (χ4n) is 1.87. The first-order chi connectivity index (χ1) is 9.00. The Balaban J connectivity index is 2.68. The highest BCUT2D eigenvalue weighted by Crippen LogP contribution is 2.18. The van der Waals surface area contributed by atoms with E-state index < -0.39 is 23.5 Å². The lowest BCUT2D eigenvalue weighted by molar-refractivity contribution is -0.121. The molecule has 1 rings (SSSR count). The molecule has 1 atom stereocenters. The summed E-state index contributed by atoms with van der Waals surface area (Å²) in [6.07, 6.45) is 5.49. The normalized spacial score (nSPS) is 22.4. The van der Waals surface area contributed by atoms with Crippen molar-refractivity contribution in [3.63, 3.8) is 0 Å². The van der Waals surface area contributed by atoms with E-state index >= 15 is 0 Å². The van der Waals surface area contributed by atoms with E-state index in [4.69, 9.17) is 5.73 Å². The number of nitrogens with two attached hydrogens (primary N) is 1. The van der Waals surface area contributed by atoms with Crippen molar-refractivity contribution in [3.8, 4) is 0 Å². The van der Waals surface area contributed by atoms with Gasteiger partial charge >= 0.3 is 12.1 Å². The fourth-order valence-corrected chi connectivity index (χ4v) is 1.87. The van der Waals surface area contributed by atoms with Gasteiger partial charge in [0.25, 0.3) is 5.91 Å². The number of amides is 5. The molecule has 0 bridgehead atoms. The SMILES string of the molecule is CCCCCC[C@@]1(/C=N/NC(N)=O)NC(=O)NC1=O. The van der Waals surface area contributed by atoms with Gasteiger partial charge in [0.05, 0.1) is 6.21 Å². The second-order valence-corrected chi connectivity index (χ2v) is 4.42. The van der Waals surface area contributed by atoms with E-state index in [-0.39, 0.29) is 0 Å². The van der Waals surface area contributed by atoms with Crippen LogP contribution in [0.4, 0.5) is 9.59 Å². The van der Waals surface area contributed by atoms with Crippen LogP contribution in [0.3, 0.4) is 0 Å². The zero-order valence-corrected chi connectivity index (χ0v) is 10.9. The highest BCUT2D eigenvalue weighted by molar-refractivity contribution is 6.16. The van der Waals surface area contributed by atoms with Crippen LogP contribution < -0.4 is 21.8 Å². The fraction of sp³-hybridized carbons (Fsp3) is 0.636. The summed E-state index contributed by atoms with van der Waals surface area (Å²) in [7, 11) is 0. The van der Waals surface area contributed by atoms with Crippen LogP contribution in [0.1, 0.15) is 39.0 Å². The molecule has 19 heavy (non-hydrogen) atoms. The average Bonchev–Trinajstić information content (AvgIpc) is 2.60. The number of carbonyl (C=O) groups excluding carboxylic acids is 3. The maximum atomic E-state index is 11.8. The molecule has 8 nitrogen and oxygen atoms in total. The van der Waals surface area contributed by atoms with Gasteiger partial charge in [0.2, 0.25) is 0 Å². The molecule has 8 heteroatoms. The van der Waals surface area contributed by atoms with E-state index in [1.165, 1.54) is 6.21 Å². The molecule has 5 amide bonds. The van der Waals surface area contributed by atoms with E-state index in [0.29, 0.717) is 6.42 Å². The Morgan fingerprint density at radius 3 is 2.68 bits per heavy atom. The number of hydrazone groups is 1. The summed E-state index contributed by atoms with van der Waals surface area (Å²) in [4.78, 5) is 33.6. The van der Waals surface area contributed by atoms with Crippen molar-refractivity contribution in [2.24, 2.45) is 10.8 Å². The smallest absolute Gasteiger partial charge is 0.332 e. The minimum atomic E-state index is -1.20. The lowest BCUT2D eigenvalue weighted by Gasteiger charge is -2.20. The number of nitrogens with one attached hydrogen (secondary N) is 3. The van der Waals surface area contributed by atoms with Crippen LogP contribution in [0.25, 0.3) is 0 Å². The first kappa shape index (κ1) is 14.9. The van der Waals surface area contributed by atoms with Gasteiger partial charge in [-0.05, 0) is 6.42 Å². The lowest BCUT2D eigenvalue weighted by Crippen LogP contribution is -2.49. The molecule has 1 saturated heterocycles. The van der Waals surface area contributed by atoms with Gasteiger partial charge in [0, 0.05) is 0 Å². The van der Waals surface area contributed by atoms with E-state index in [0.717, 1.165) is 25.7 Å². The number of urea groups is 2. The topological polar surface area (TPSA) is 126 Å². The number of imide groups is 1. The molecule has 0 unspecified atom stereocenters. The second-order valence-electron chi connectivity index (χ2n) is 4.42. The van der Waals surface area contributed by atoms with Gasteiger partial charge in [-0.1, -0.05) is 32.6 Å². The molecule has 0 radical (unpaired) electrons. The standard InChI is InChI=1S/C11H19N5O3/c1-2-3-4-5-6-11(7-13-16-9(12)18)8(17)14-10(19)15-11/h7H,2-6H2,1H3,(H3,12,16,18)(H2,14,15,17,19)/b13-7+/t11-/m0/s1. The molecule has 5 N–H and O–H groups in total. The van der Waals surface area contributed by atoms with Crippen molar-refractivity contribution >= 4 is 24.2 Å². The van der Waals surface area contributed by atoms with E-state index in [9.17, 15) is 14.4 Å². The first-order valence-corrected chi connectivity index (χ1v) is 6.23. The number of carbonyl (C=O) groups is 3. The van der Waals surface area contributed by atoms with Crippen LogP contribution >= 0.6 is 0 Å². The number of rotatable bonds is 7. The van der Waals surface area contributed by atoms with E-state index in [2.05, 4.69) is 22.7 Å². The van der Waals surface area contributed by atoms with E-state index in [1.54, 1.807) is 0 Å². The van der Waals surface area contributed by atoms with Crippen molar-refractivity contribution in [2.75, 3.05) is 0 Å². The zero-order chi connectivity index (χ0) is 14.3. The van der Waals surface area contributed by atoms with Crippen molar-refractivity contribution in [2.45, 2.75) is 44.6 Å². The Labute approximate surface area is 111 Å². The number of primary amides is 1. The molecule has 0 spiro atoms. The third-order valence-electron chi connectivity index (χ3n) is 2.85. The van der Waals surface area contributed by atoms with Crippen LogP contribution in [0.5, 0.6) is 0 Å². The summed E-state index contributed by atoms with van der Waals surface area (Å²) in [6, 6.07) is -1.40. The molecular weight excluding hydrogens is 250 g/mol. The predicted molar refractivity (Wildman–Crippen MR) is 69.4 cm³/mol. The molecule has 1 heterocycles. The second kappa shape index (κ2) is 6.72. The summed E-state index contributed by atoms with van der Waals surface area (Å²) in [5.74, 6) is -0.469. The number of hydrogen-bond donors (Lipinski definition) is 4. The molecule has 0 aliphatic carbocycles. The summed E-state index contributed by atoms with van der Waals surface area (Å²) in [5, 5.41) is 8.27. The molecule has 0 aromatic carbocycles. The van der Waals surface area contributed by atoms with Gasteiger partial charge in [-0.25, -0.2) is 15.0 Å². The zero-order valence-electron chi connectivity index (χ0n) is 10.9. The van der Waals surface area contributed by atoms with Gasteiger partial charge < -0.3 is 11.1 Å². The Morgan fingerprint density at radius 1 is 1.42 bits per heavy atom. The minimum Gasteiger partial charge on any atom is -0.350 e. The minimum absolute atomic E-state index is 0.425. The molecule has 1 fully saturated rings. The van der Waals surface area contributed by atoms with Crippen LogP contribution in [-0.4, -0.2) is 29.7 Å². The summed E-state index contributed by atoms with van der Waals surface area (Å²) in [6.45, 7) is 2.08. The summed E-state index contributed by atoms with van der Waals surface area (Å²) >= 11 is 0. The Bertz CT molecular complexity index is 396. The Kier molecular flexibility index (Phi) is 5.28. The average molecular weight is 269 g/mol. The third-order valence-corrected chi connectivity index (χ3v) is 2.85. The number of nitrogens with zero attached hydrogens (tertiary/aromatic N) is 1. The molecular formula is C11H19N5O3. The van der Waals surface area contributed by atoms with Crippen LogP contribution in [0.15, 0.2) is 5.10 Å². The molecule has 1 aliphatic rings. The lowest BCUT2D eigenvalue weighted by atomic mass is 9.93. The number of hydrogen-bond acceptors (Lipinski definition) is 4. The van der Waals surface area contributed by atoms with Crippen molar-refractivity contribution < 1.29 is 14.4 Å². The third kappa shape index (κ3) is 4.23. The number of unbranched alkanes of at least 4 members (excludes halogenated alkanes) is 3. The molecule has 1 aliphatic heterocycles. The molecule has 0 saturated carbocycles. The quantitative estimate of drug-likeness (QED) is 0.228. The van der Waals surface area contributed by atoms with E-state index in [1.807, 2.05) is 5.43 Å². The largest absolute Gasteiger partial charge is 0.350 e. The maximum absolute atomic E-state index is 11.8. The Hall–Kier alpha value is -2.12. The van der Waals surface area contributed by atoms with Crippen molar-refractivity contribution in [3.05, 3.63) is 0 Å². The van der Waals surface area contributed by atoms with Crippen molar-refractivity contribution in [1.82, 2.24) is 16.1 Å². The van der Waals surface area contributed by atoms with Crippen molar-refractivity contribution in [1.29, 1.82) is 0 Å². The highest BCUT2D eigenvalue weighted by Gasteiger charge is 2.44.